The first kappa shape index (κ1) is 36.0. The van der Waals surface area contributed by atoms with E-state index in [1.165, 1.54) is 23.8 Å². The van der Waals surface area contributed by atoms with Crippen LogP contribution in [-0.2, 0) is 9.53 Å². The minimum absolute atomic E-state index is 0.0693. The van der Waals surface area contributed by atoms with Gasteiger partial charge in [-0.1, -0.05) is 53.8 Å². The maximum Gasteiger partial charge on any atom is 0.338 e. The molecule has 0 fully saturated rings. The van der Waals surface area contributed by atoms with Crippen LogP contribution < -0.4 is 29.1 Å². The van der Waals surface area contributed by atoms with Crippen molar-refractivity contribution in [3.05, 3.63) is 147 Å². The number of nitrogens with zero attached hydrogens (tertiary/aromatic N) is 4. The van der Waals surface area contributed by atoms with Gasteiger partial charge in [-0.25, -0.2) is 9.79 Å². The summed E-state index contributed by atoms with van der Waals surface area (Å²) in [5, 5.41) is 33.3. The number of rotatable bonds is 12. The van der Waals surface area contributed by atoms with Crippen LogP contribution in [0, 0.1) is 20.2 Å². The second kappa shape index (κ2) is 15.2. The van der Waals surface area contributed by atoms with E-state index in [4.69, 9.17) is 23.9 Å². The van der Waals surface area contributed by atoms with E-state index in [1.54, 1.807) is 68.5 Å². The number of aromatic hydroxyl groups is 1. The molecule has 0 saturated carbocycles. The summed E-state index contributed by atoms with van der Waals surface area (Å²) >= 11 is 1.09. The molecule has 4 aromatic carbocycles. The smallest absolute Gasteiger partial charge is 0.338 e. The molecule has 1 atom stereocenters. The Hall–Kier alpha value is -6.81. The predicted molar refractivity (Wildman–Crippen MR) is 193 cm³/mol. The summed E-state index contributed by atoms with van der Waals surface area (Å²) in [6.45, 7) is 3.67. The Labute approximate surface area is 304 Å². The Morgan fingerprint density at radius 1 is 0.925 bits per heavy atom. The highest BCUT2D eigenvalue weighted by Gasteiger charge is 2.35. The molecule has 0 spiro atoms. The number of non-ortho nitro benzene ring substituents is 1. The number of esters is 1. The first-order valence-electron chi connectivity index (χ1n) is 16.1. The molecule has 0 aliphatic carbocycles. The van der Waals surface area contributed by atoms with Crippen molar-refractivity contribution in [2.45, 2.75) is 19.9 Å². The molecule has 0 bridgehead atoms. The molecule has 1 aliphatic heterocycles. The Balaban J connectivity index is 1.51. The molecular weight excluding hydrogens is 708 g/mol. The van der Waals surface area contributed by atoms with Gasteiger partial charge >= 0.3 is 11.7 Å². The maximum absolute atomic E-state index is 14.3. The Morgan fingerprint density at radius 3 is 2.36 bits per heavy atom. The minimum atomic E-state index is -1.02. The highest BCUT2D eigenvalue weighted by molar-refractivity contribution is 7.07. The van der Waals surface area contributed by atoms with E-state index in [2.05, 4.69) is 0 Å². The van der Waals surface area contributed by atoms with Crippen molar-refractivity contribution in [3.63, 3.8) is 0 Å². The van der Waals surface area contributed by atoms with E-state index in [0.717, 1.165) is 29.5 Å². The topological polar surface area (TPSA) is 195 Å². The molecular formula is C37H30N4O11S. The Bertz CT molecular complexity index is 2470. The van der Waals surface area contributed by atoms with E-state index in [9.17, 15) is 34.9 Å². The number of ether oxygens (including phenoxy) is 4. The second-order valence-corrected chi connectivity index (χ2v) is 12.3. The molecule has 0 amide bonds. The van der Waals surface area contributed by atoms with Crippen molar-refractivity contribution < 1.29 is 38.7 Å². The van der Waals surface area contributed by atoms with Gasteiger partial charge in [0.25, 0.3) is 11.2 Å². The van der Waals surface area contributed by atoms with Crippen LogP contribution in [0.5, 0.6) is 28.7 Å². The van der Waals surface area contributed by atoms with Gasteiger partial charge in [-0.05, 0) is 61.4 Å². The van der Waals surface area contributed by atoms with Gasteiger partial charge in [-0.15, -0.1) is 0 Å². The molecule has 6 rings (SSSR count). The number of nitro groups is 2. The zero-order chi connectivity index (χ0) is 37.8. The number of phenolic OH excluding ortho intramolecular Hbond substituents is 1. The van der Waals surface area contributed by atoms with Crippen molar-refractivity contribution >= 4 is 40.5 Å². The number of nitro benzene ring substituents is 2. The van der Waals surface area contributed by atoms with Crippen LogP contribution in [0.4, 0.5) is 11.4 Å². The number of carbonyl (C=O) groups is 1. The fourth-order valence-electron chi connectivity index (χ4n) is 5.71. The Morgan fingerprint density at radius 2 is 1.68 bits per heavy atom. The van der Waals surface area contributed by atoms with Crippen LogP contribution >= 0.6 is 11.3 Å². The maximum atomic E-state index is 14.3. The predicted octanol–water partition coefficient (Wildman–Crippen LogP) is 5.66. The van der Waals surface area contributed by atoms with E-state index in [-0.39, 0.29) is 52.1 Å². The van der Waals surface area contributed by atoms with Gasteiger partial charge in [0.2, 0.25) is 5.75 Å². The van der Waals surface area contributed by atoms with Crippen LogP contribution in [0.25, 0.3) is 11.8 Å². The number of methoxy groups -OCH3 is 1. The number of hydrogen-bond donors (Lipinski definition) is 1. The summed E-state index contributed by atoms with van der Waals surface area (Å²) in [5.74, 6) is -0.626. The molecule has 1 unspecified atom stereocenters. The van der Waals surface area contributed by atoms with Crippen LogP contribution in [0.2, 0.25) is 0 Å². The first-order chi connectivity index (χ1) is 25.5. The van der Waals surface area contributed by atoms with Gasteiger partial charge in [0, 0.05) is 11.6 Å². The lowest BCUT2D eigenvalue weighted by molar-refractivity contribution is -0.394. The van der Waals surface area contributed by atoms with Crippen LogP contribution in [-0.4, -0.2) is 45.8 Å². The van der Waals surface area contributed by atoms with Crippen molar-refractivity contribution in [1.29, 1.82) is 0 Å². The lowest BCUT2D eigenvalue weighted by Crippen LogP contribution is -2.40. The molecule has 53 heavy (non-hydrogen) atoms. The average molecular weight is 739 g/mol. The molecule has 1 aromatic heterocycles. The quantitative estimate of drug-likeness (QED) is 0.0943. The molecule has 270 valence electrons. The zero-order valence-electron chi connectivity index (χ0n) is 28.4. The average Bonchev–Trinajstić information content (AvgIpc) is 3.46. The number of aromatic nitrogens is 1. The molecule has 2 heterocycles. The Kier molecular flexibility index (Phi) is 10.3. The number of fused-ring (bicyclic) bond motifs is 1. The van der Waals surface area contributed by atoms with Crippen LogP contribution in [0.1, 0.15) is 36.6 Å². The molecule has 15 nitrogen and oxygen atoms in total. The molecule has 16 heteroatoms. The fraction of sp³-hybridized carbons (Fsp3) is 0.162. The lowest BCUT2D eigenvalue weighted by atomic mass is 9.93. The summed E-state index contributed by atoms with van der Waals surface area (Å²) in [7, 11) is 1.39. The lowest BCUT2D eigenvalue weighted by Gasteiger charge is -2.26. The molecule has 1 N–H and O–H groups in total. The molecule has 1 aliphatic rings. The summed E-state index contributed by atoms with van der Waals surface area (Å²) in [6, 6.07) is 20.3. The van der Waals surface area contributed by atoms with E-state index in [0.29, 0.717) is 27.2 Å². The van der Waals surface area contributed by atoms with Crippen molar-refractivity contribution in [1.82, 2.24) is 4.57 Å². The number of thiazole rings is 1. The summed E-state index contributed by atoms with van der Waals surface area (Å²) in [4.78, 5) is 54.6. The summed E-state index contributed by atoms with van der Waals surface area (Å²) in [6.07, 6.45) is 1.61. The van der Waals surface area contributed by atoms with E-state index >= 15 is 0 Å². The fourth-order valence-corrected chi connectivity index (χ4v) is 6.71. The minimum Gasteiger partial charge on any atom is -0.504 e. The third-order valence-electron chi connectivity index (χ3n) is 8.03. The van der Waals surface area contributed by atoms with Gasteiger partial charge in [0.1, 0.15) is 0 Å². The van der Waals surface area contributed by atoms with E-state index < -0.39 is 38.8 Å². The number of carbonyl (C=O) groups excluding carboxylic acids is 1. The number of phenols is 1. The van der Waals surface area contributed by atoms with Crippen LogP contribution in [0.15, 0.2) is 100 Å². The highest BCUT2D eigenvalue weighted by atomic mass is 32.1. The number of benzene rings is 4. The third-order valence-corrected chi connectivity index (χ3v) is 9.01. The van der Waals surface area contributed by atoms with Crippen LogP contribution in [0.3, 0.4) is 0 Å². The summed E-state index contributed by atoms with van der Waals surface area (Å²) in [5.41, 5.74) is 0.458. The first-order valence-corrected chi connectivity index (χ1v) is 16.9. The normalized spacial score (nSPS) is 13.9. The largest absolute Gasteiger partial charge is 0.504 e. The zero-order valence-corrected chi connectivity index (χ0v) is 29.2. The van der Waals surface area contributed by atoms with Gasteiger partial charge in [0.15, 0.2) is 27.8 Å². The van der Waals surface area contributed by atoms with Gasteiger partial charge in [-0.2, -0.15) is 0 Å². The monoisotopic (exact) mass is 738 g/mol. The SMILES string of the molecule is CCOC(=O)C1=C(c2ccccc2)N=c2s/c(=C/c3ccc(Oc4ccc([N+](=O)[O-])cc4[N+](=O)[O-])c(OCC)c3)c(=O)n2C1c1ccc(O)c(OC)c1. The standard InChI is InChI=1S/C37H30N4O11S/c1-4-50-30-17-21(11-15-28(30)52-27-16-13-24(40(45)46)20-25(27)41(47)48)18-31-35(43)39-34(23-12-14-26(42)29(19-23)49-3)32(36(44)51-5-2)33(38-37(39)53-31)22-9-7-6-8-10-22/h6-20,34,42H,4-5H2,1-3H3/b31-18+. The highest BCUT2D eigenvalue weighted by Crippen LogP contribution is 2.40. The number of hydrogen-bond acceptors (Lipinski definition) is 13. The van der Waals surface area contributed by atoms with E-state index in [1.807, 2.05) is 6.07 Å². The molecule has 0 saturated heterocycles. The van der Waals surface area contributed by atoms with Gasteiger partial charge < -0.3 is 24.1 Å². The molecule has 0 radical (unpaired) electrons. The van der Waals surface area contributed by atoms with Gasteiger partial charge in [0.05, 0.1) is 58.1 Å². The van der Waals surface area contributed by atoms with Crippen molar-refractivity contribution in [2.75, 3.05) is 20.3 Å². The summed E-state index contributed by atoms with van der Waals surface area (Å²) < 4.78 is 24.1. The second-order valence-electron chi connectivity index (χ2n) is 11.3. The van der Waals surface area contributed by atoms with Crippen molar-refractivity contribution in [2.24, 2.45) is 4.99 Å². The van der Waals surface area contributed by atoms with Crippen molar-refractivity contribution in [3.8, 4) is 28.7 Å². The van der Waals surface area contributed by atoms with Gasteiger partial charge in [-0.3, -0.25) is 29.6 Å². The molecule has 5 aromatic rings. The third kappa shape index (κ3) is 7.20.